The summed E-state index contributed by atoms with van der Waals surface area (Å²) >= 11 is 0. The number of benzene rings is 1. The molecule has 0 spiro atoms. The second-order valence-corrected chi connectivity index (χ2v) is 4.53. The molecular weight excluding hydrogens is 228 g/mol. The van der Waals surface area contributed by atoms with Crippen LogP contribution in [0.5, 0.6) is 0 Å². The van der Waals surface area contributed by atoms with Gasteiger partial charge >= 0.3 is 0 Å². The average molecular weight is 246 g/mol. The summed E-state index contributed by atoms with van der Waals surface area (Å²) in [4.78, 5) is 10.6. The van der Waals surface area contributed by atoms with Gasteiger partial charge < -0.3 is 9.15 Å². The van der Waals surface area contributed by atoms with E-state index in [0.29, 0.717) is 5.76 Å². The Morgan fingerprint density at radius 1 is 1.17 bits per heavy atom. The zero-order valence-corrected chi connectivity index (χ0v) is 10.9. The summed E-state index contributed by atoms with van der Waals surface area (Å²) in [7, 11) is 0. The Bertz CT molecular complexity index is 528. The van der Waals surface area contributed by atoms with E-state index < -0.39 is 0 Å². The van der Waals surface area contributed by atoms with E-state index in [1.54, 1.807) is 0 Å². The minimum absolute atomic E-state index is 0.431. The largest absolute Gasteiger partial charge is 0.453 e. The number of hydrogen-bond donors (Lipinski definition) is 0. The molecule has 1 aliphatic rings. The van der Waals surface area contributed by atoms with E-state index in [-0.39, 0.29) is 0 Å². The van der Waals surface area contributed by atoms with E-state index in [1.807, 2.05) is 32.0 Å². The molecular formula is C15H18O3. The summed E-state index contributed by atoms with van der Waals surface area (Å²) in [6.07, 6.45) is 3.31. The van der Waals surface area contributed by atoms with Gasteiger partial charge in [-0.15, -0.1) is 0 Å². The first-order valence-corrected chi connectivity index (χ1v) is 6.25. The molecule has 3 rings (SSSR count). The number of aryl methyl sites for hydroxylation is 2. The van der Waals surface area contributed by atoms with Crippen molar-refractivity contribution in [2.24, 2.45) is 0 Å². The Labute approximate surface area is 107 Å². The molecule has 18 heavy (non-hydrogen) atoms. The third kappa shape index (κ3) is 2.79. The Morgan fingerprint density at radius 3 is 2.44 bits per heavy atom. The van der Waals surface area contributed by atoms with Gasteiger partial charge in [-0.3, -0.25) is 4.79 Å². The van der Waals surface area contributed by atoms with E-state index >= 15 is 0 Å². The van der Waals surface area contributed by atoms with Gasteiger partial charge in [0.1, 0.15) is 5.58 Å². The van der Waals surface area contributed by atoms with Crippen LogP contribution in [0.15, 0.2) is 22.6 Å². The molecule has 0 bridgehead atoms. The summed E-state index contributed by atoms with van der Waals surface area (Å²) < 4.78 is 10.3. The van der Waals surface area contributed by atoms with Crippen LogP contribution in [0.3, 0.4) is 0 Å². The molecule has 0 aliphatic carbocycles. The molecule has 1 aliphatic heterocycles. The zero-order valence-electron chi connectivity index (χ0n) is 10.9. The van der Waals surface area contributed by atoms with Gasteiger partial charge in [0.2, 0.25) is 0 Å². The van der Waals surface area contributed by atoms with Crippen molar-refractivity contribution >= 4 is 17.3 Å². The number of furan rings is 1. The molecule has 0 atom stereocenters. The smallest absolute Gasteiger partial charge is 0.185 e. The molecule has 2 aromatic rings. The minimum Gasteiger partial charge on any atom is -0.453 e. The van der Waals surface area contributed by atoms with Crippen molar-refractivity contribution in [3.8, 4) is 0 Å². The maximum absolute atomic E-state index is 10.6. The van der Waals surface area contributed by atoms with Gasteiger partial charge in [0.15, 0.2) is 12.0 Å². The fourth-order valence-corrected chi connectivity index (χ4v) is 1.98. The standard InChI is InChI=1S/C11H10O2.C4H8O/c1-7-3-4-10-9(5-7)8(2)11(6-12)13-10;1-2-4-5-3-1/h3-6H,1-2H3;1-4H2. The van der Waals surface area contributed by atoms with E-state index in [1.165, 1.54) is 18.4 Å². The number of hydrogen-bond acceptors (Lipinski definition) is 3. The predicted octanol–water partition coefficient (Wildman–Crippen LogP) is 3.66. The molecule has 0 radical (unpaired) electrons. The Kier molecular flexibility index (Phi) is 4.15. The number of carbonyl (C=O) groups is 1. The Hall–Kier alpha value is -1.61. The van der Waals surface area contributed by atoms with E-state index in [0.717, 1.165) is 36.0 Å². The first kappa shape index (κ1) is 12.8. The third-order valence-corrected chi connectivity index (χ3v) is 3.06. The number of carbonyl (C=O) groups excluding carboxylic acids is 1. The van der Waals surface area contributed by atoms with Crippen LogP contribution in [0.1, 0.15) is 34.5 Å². The van der Waals surface area contributed by atoms with Crippen molar-refractivity contribution in [2.45, 2.75) is 26.7 Å². The van der Waals surface area contributed by atoms with Crippen molar-refractivity contribution in [1.82, 2.24) is 0 Å². The van der Waals surface area contributed by atoms with Gasteiger partial charge in [-0.25, -0.2) is 0 Å². The first-order chi connectivity index (χ1) is 8.72. The molecule has 0 amide bonds. The molecule has 96 valence electrons. The summed E-state index contributed by atoms with van der Waals surface area (Å²) in [6.45, 7) is 5.92. The molecule has 0 unspecified atom stereocenters. The monoisotopic (exact) mass is 246 g/mol. The maximum atomic E-state index is 10.6. The number of rotatable bonds is 1. The maximum Gasteiger partial charge on any atom is 0.185 e. The lowest BCUT2D eigenvalue weighted by Gasteiger charge is -1.91. The topological polar surface area (TPSA) is 39.4 Å². The number of ether oxygens (including phenoxy) is 1. The van der Waals surface area contributed by atoms with Gasteiger partial charge in [0.25, 0.3) is 0 Å². The van der Waals surface area contributed by atoms with Gasteiger partial charge in [-0.2, -0.15) is 0 Å². The van der Waals surface area contributed by atoms with Crippen LogP contribution < -0.4 is 0 Å². The van der Waals surface area contributed by atoms with Gasteiger partial charge in [-0.05, 0) is 38.8 Å². The third-order valence-electron chi connectivity index (χ3n) is 3.06. The number of fused-ring (bicyclic) bond motifs is 1. The highest BCUT2D eigenvalue weighted by molar-refractivity contribution is 5.89. The fourth-order valence-electron chi connectivity index (χ4n) is 1.98. The van der Waals surface area contributed by atoms with Crippen LogP contribution in [0, 0.1) is 13.8 Å². The second kappa shape index (κ2) is 5.83. The van der Waals surface area contributed by atoms with Crippen molar-refractivity contribution < 1.29 is 13.9 Å². The molecule has 2 heterocycles. The van der Waals surface area contributed by atoms with Gasteiger partial charge in [-0.1, -0.05) is 11.6 Å². The van der Waals surface area contributed by atoms with Crippen LogP contribution in [0.2, 0.25) is 0 Å². The van der Waals surface area contributed by atoms with Crippen LogP contribution in [-0.4, -0.2) is 19.5 Å². The molecule has 0 saturated carbocycles. The van der Waals surface area contributed by atoms with Crippen molar-refractivity contribution in [1.29, 1.82) is 0 Å². The zero-order chi connectivity index (χ0) is 13.0. The lowest BCUT2D eigenvalue weighted by Crippen LogP contribution is -1.77. The van der Waals surface area contributed by atoms with Crippen LogP contribution in [0.4, 0.5) is 0 Å². The van der Waals surface area contributed by atoms with Crippen LogP contribution in [-0.2, 0) is 4.74 Å². The Morgan fingerprint density at radius 2 is 1.89 bits per heavy atom. The number of aldehydes is 1. The normalized spacial score (nSPS) is 14.3. The second-order valence-electron chi connectivity index (χ2n) is 4.53. The highest BCUT2D eigenvalue weighted by atomic mass is 16.5. The van der Waals surface area contributed by atoms with Crippen molar-refractivity contribution in [3.63, 3.8) is 0 Å². The summed E-state index contributed by atoms with van der Waals surface area (Å²) in [5.41, 5.74) is 2.88. The SMILES string of the molecule is C1CCOC1.Cc1ccc2oc(C=O)c(C)c2c1. The molecule has 1 fully saturated rings. The first-order valence-electron chi connectivity index (χ1n) is 6.25. The molecule has 3 nitrogen and oxygen atoms in total. The van der Waals surface area contributed by atoms with Crippen molar-refractivity contribution in [2.75, 3.05) is 13.2 Å². The van der Waals surface area contributed by atoms with Crippen LogP contribution in [0.25, 0.3) is 11.0 Å². The summed E-state index contributed by atoms with van der Waals surface area (Å²) in [5.74, 6) is 0.431. The summed E-state index contributed by atoms with van der Waals surface area (Å²) in [6, 6.07) is 5.89. The quantitative estimate of drug-likeness (QED) is 0.721. The fraction of sp³-hybridized carbons (Fsp3) is 0.400. The molecule has 3 heteroatoms. The van der Waals surface area contributed by atoms with Crippen molar-refractivity contribution in [3.05, 3.63) is 35.1 Å². The highest BCUT2D eigenvalue weighted by Gasteiger charge is 2.08. The van der Waals surface area contributed by atoms with E-state index in [9.17, 15) is 4.79 Å². The lowest BCUT2D eigenvalue weighted by atomic mass is 10.1. The predicted molar refractivity (Wildman–Crippen MR) is 71.1 cm³/mol. The van der Waals surface area contributed by atoms with E-state index in [4.69, 9.17) is 9.15 Å². The van der Waals surface area contributed by atoms with Gasteiger partial charge in [0.05, 0.1) is 0 Å². The molecule has 1 aromatic heterocycles. The molecule has 1 aromatic carbocycles. The Balaban J connectivity index is 0.000000202. The minimum atomic E-state index is 0.431. The highest BCUT2D eigenvalue weighted by Crippen LogP contribution is 2.24. The average Bonchev–Trinajstić information content (AvgIpc) is 3.02. The summed E-state index contributed by atoms with van der Waals surface area (Å²) in [5, 5.41) is 1.03. The molecule has 0 N–H and O–H groups in total. The van der Waals surface area contributed by atoms with E-state index in [2.05, 4.69) is 0 Å². The molecule has 1 saturated heterocycles. The lowest BCUT2D eigenvalue weighted by molar-refractivity contribution is 0.110. The van der Waals surface area contributed by atoms with Gasteiger partial charge in [0, 0.05) is 24.2 Å². The van der Waals surface area contributed by atoms with Crippen LogP contribution >= 0.6 is 0 Å².